The maximum atomic E-state index is 10.6. The van der Waals surface area contributed by atoms with Crippen LogP contribution in [0.3, 0.4) is 0 Å². The lowest BCUT2D eigenvalue weighted by Gasteiger charge is -2.23. The van der Waals surface area contributed by atoms with Crippen LogP contribution in [0.4, 0.5) is 0 Å². The average Bonchev–Trinajstić information content (AvgIpc) is 2.32. The van der Waals surface area contributed by atoms with Gasteiger partial charge in [0, 0.05) is 6.08 Å². The normalized spacial score (nSPS) is 18.0. The maximum absolute atomic E-state index is 10.6. The highest BCUT2D eigenvalue weighted by Crippen LogP contribution is 2.04. The summed E-state index contributed by atoms with van der Waals surface area (Å²) in [6, 6.07) is 0. The van der Waals surface area contributed by atoms with Gasteiger partial charge in [0.05, 0.1) is 0 Å². The van der Waals surface area contributed by atoms with E-state index < -0.39 is 37.0 Å². The van der Waals surface area contributed by atoms with Gasteiger partial charge in [-0.3, -0.25) is 0 Å². The minimum atomic E-state index is -1.85. The first-order valence-electron chi connectivity index (χ1n) is 4.40. The molecule has 0 aliphatic rings. The van der Waals surface area contributed by atoms with E-state index in [1.165, 1.54) is 0 Å². The number of ether oxygens (including phenoxy) is 1. The minimum Gasteiger partial charge on any atom is -0.460 e. The molecule has 0 spiro atoms. The van der Waals surface area contributed by atoms with Gasteiger partial charge in [-0.2, -0.15) is 0 Å². The topological polar surface area (TPSA) is 124 Å². The van der Waals surface area contributed by atoms with Crippen LogP contribution in [-0.4, -0.2) is 63.7 Å². The third-order valence-corrected chi connectivity index (χ3v) is 1.80. The second-order valence-electron chi connectivity index (χ2n) is 3.01. The van der Waals surface area contributed by atoms with Crippen LogP contribution in [0, 0.1) is 0 Å². The molecule has 4 atom stereocenters. The molecule has 4 N–H and O–H groups in total. The Kier molecular flexibility index (Phi) is 6.50. The number of carbonyl (C=O) groups is 2. The van der Waals surface area contributed by atoms with E-state index in [1.807, 2.05) is 0 Å². The Balaban J connectivity index is 4.16. The van der Waals surface area contributed by atoms with Crippen molar-refractivity contribution >= 4 is 12.3 Å². The van der Waals surface area contributed by atoms with E-state index in [-0.39, 0.29) is 6.29 Å². The van der Waals surface area contributed by atoms with Crippen molar-refractivity contribution < 1.29 is 34.8 Å². The number of carbonyl (C=O) groups excluding carboxylic acids is 2. The summed E-state index contributed by atoms with van der Waals surface area (Å²) in [7, 11) is 0. The van der Waals surface area contributed by atoms with Crippen LogP contribution >= 0.6 is 0 Å². The largest absolute Gasteiger partial charge is 0.460 e. The van der Waals surface area contributed by atoms with Crippen molar-refractivity contribution in [3.05, 3.63) is 12.7 Å². The molecule has 0 amide bonds. The van der Waals surface area contributed by atoms with Crippen molar-refractivity contribution in [2.24, 2.45) is 0 Å². The van der Waals surface area contributed by atoms with Gasteiger partial charge in [0.1, 0.15) is 31.0 Å². The molecular weight excluding hydrogens is 220 g/mol. The molecule has 0 aromatic heterocycles. The Morgan fingerprint density at radius 2 is 1.81 bits per heavy atom. The van der Waals surface area contributed by atoms with Gasteiger partial charge in [-0.1, -0.05) is 6.58 Å². The van der Waals surface area contributed by atoms with Crippen molar-refractivity contribution in [2.75, 3.05) is 6.61 Å². The fourth-order valence-electron chi connectivity index (χ4n) is 0.835. The second kappa shape index (κ2) is 7.07. The maximum Gasteiger partial charge on any atom is 0.330 e. The first-order valence-corrected chi connectivity index (χ1v) is 4.40. The highest BCUT2D eigenvalue weighted by molar-refractivity contribution is 5.81. The van der Waals surface area contributed by atoms with E-state index in [4.69, 9.17) is 10.2 Å². The molecule has 0 saturated carbocycles. The number of hydrogen-bond acceptors (Lipinski definition) is 7. The number of aldehydes is 1. The number of aliphatic hydroxyl groups is 4. The number of rotatable bonds is 7. The predicted molar refractivity (Wildman–Crippen MR) is 51.2 cm³/mol. The van der Waals surface area contributed by atoms with Gasteiger partial charge in [0.2, 0.25) is 0 Å². The van der Waals surface area contributed by atoms with Crippen LogP contribution in [0.1, 0.15) is 0 Å². The second-order valence-corrected chi connectivity index (χ2v) is 3.01. The Morgan fingerprint density at radius 1 is 1.25 bits per heavy atom. The monoisotopic (exact) mass is 234 g/mol. The van der Waals surface area contributed by atoms with Crippen LogP contribution in [0.2, 0.25) is 0 Å². The highest BCUT2D eigenvalue weighted by Gasteiger charge is 2.30. The van der Waals surface area contributed by atoms with Crippen molar-refractivity contribution in [1.82, 2.24) is 0 Å². The summed E-state index contributed by atoms with van der Waals surface area (Å²) in [4.78, 5) is 20.7. The highest BCUT2D eigenvalue weighted by atomic mass is 16.5. The Hall–Kier alpha value is -1.28. The molecule has 0 aromatic rings. The lowest BCUT2D eigenvalue weighted by Crippen LogP contribution is -2.46. The predicted octanol–water partition coefficient (Wildman–Crippen LogP) is -2.64. The summed E-state index contributed by atoms with van der Waals surface area (Å²) in [5.74, 6) is -0.809. The van der Waals surface area contributed by atoms with E-state index in [2.05, 4.69) is 11.3 Å². The molecule has 0 bridgehead atoms. The van der Waals surface area contributed by atoms with Crippen LogP contribution < -0.4 is 0 Å². The van der Waals surface area contributed by atoms with Crippen LogP contribution in [0.5, 0.6) is 0 Å². The molecule has 0 saturated heterocycles. The van der Waals surface area contributed by atoms with Gasteiger partial charge in [-0.05, 0) is 0 Å². The molecule has 0 fully saturated rings. The van der Waals surface area contributed by atoms with Gasteiger partial charge in [0.25, 0.3) is 0 Å². The third kappa shape index (κ3) is 4.49. The molecule has 7 nitrogen and oxygen atoms in total. The first kappa shape index (κ1) is 14.7. The summed E-state index contributed by atoms with van der Waals surface area (Å²) in [6.45, 7) is 2.52. The van der Waals surface area contributed by atoms with E-state index in [9.17, 15) is 19.8 Å². The van der Waals surface area contributed by atoms with E-state index in [1.54, 1.807) is 0 Å². The Morgan fingerprint density at radius 3 is 2.25 bits per heavy atom. The van der Waals surface area contributed by atoms with Crippen molar-refractivity contribution in [3.8, 4) is 0 Å². The lowest BCUT2D eigenvalue weighted by molar-refractivity contribution is -0.151. The van der Waals surface area contributed by atoms with Gasteiger partial charge in [-0.15, -0.1) is 0 Å². The summed E-state index contributed by atoms with van der Waals surface area (Å²) in [5.41, 5.74) is 0. The molecule has 0 radical (unpaired) electrons. The van der Waals surface area contributed by atoms with E-state index in [0.29, 0.717) is 0 Å². The van der Waals surface area contributed by atoms with Crippen molar-refractivity contribution in [3.63, 3.8) is 0 Å². The molecular formula is C9H14O7. The molecule has 0 rings (SSSR count). The summed E-state index contributed by atoms with van der Waals surface area (Å²) >= 11 is 0. The molecule has 16 heavy (non-hydrogen) atoms. The minimum absolute atomic E-state index is 0.0103. The zero-order valence-corrected chi connectivity index (χ0v) is 8.39. The van der Waals surface area contributed by atoms with Gasteiger partial charge in [-0.25, -0.2) is 4.79 Å². The Labute approximate surface area is 91.6 Å². The standard InChI is InChI=1S/C9H14O7/c1-2-7(13)16-4-6(12)9(15)8(14)5(11)3-10/h2-3,5-6,8-9,11-12,14-15H,1,4H2/t5-,6+,8+,9+/m0/s1. The fraction of sp³-hybridized carbons (Fsp3) is 0.556. The molecule has 0 aromatic carbocycles. The van der Waals surface area contributed by atoms with Crippen molar-refractivity contribution in [1.29, 1.82) is 0 Å². The fourth-order valence-corrected chi connectivity index (χ4v) is 0.835. The van der Waals surface area contributed by atoms with Crippen molar-refractivity contribution in [2.45, 2.75) is 24.4 Å². The van der Waals surface area contributed by atoms with Crippen LogP contribution in [-0.2, 0) is 14.3 Å². The number of hydrogen-bond donors (Lipinski definition) is 4. The molecule has 0 aliphatic heterocycles. The van der Waals surface area contributed by atoms with Gasteiger partial charge in [0.15, 0.2) is 6.29 Å². The van der Waals surface area contributed by atoms with Gasteiger partial charge < -0.3 is 30.0 Å². The van der Waals surface area contributed by atoms with Crippen LogP contribution in [0.25, 0.3) is 0 Å². The van der Waals surface area contributed by atoms with Gasteiger partial charge >= 0.3 is 5.97 Å². The van der Waals surface area contributed by atoms with E-state index >= 15 is 0 Å². The van der Waals surface area contributed by atoms with Crippen LogP contribution in [0.15, 0.2) is 12.7 Å². The smallest absolute Gasteiger partial charge is 0.330 e. The Bertz CT molecular complexity index is 252. The quantitative estimate of drug-likeness (QED) is 0.215. The zero-order valence-electron chi connectivity index (χ0n) is 8.39. The summed E-state index contributed by atoms with van der Waals surface area (Å²) in [5, 5.41) is 36.4. The zero-order chi connectivity index (χ0) is 12.7. The molecule has 0 unspecified atom stereocenters. The molecule has 7 heteroatoms. The summed E-state index contributed by atoms with van der Waals surface area (Å²) < 4.78 is 4.39. The molecule has 92 valence electrons. The third-order valence-electron chi connectivity index (χ3n) is 1.80. The van der Waals surface area contributed by atoms with E-state index in [0.717, 1.165) is 6.08 Å². The number of aliphatic hydroxyl groups excluding tert-OH is 4. The number of esters is 1. The SMILES string of the molecule is C=CC(=O)OC[C@@H](O)[C@@H](O)[C@H](O)[C@@H](O)C=O. The first-order chi connectivity index (χ1) is 7.43. The average molecular weight is 234 g/mol. The summed E-state index contributed by atoms with van der Waals surface area (Å²) in [6.07, 6.45) is -6.23. The molecule has 0 aliphatic carbocycles. The lowest BCUT2D eigenvalue weighted by atomic mass is 10.0. The molecule has 0 heterocycles.